The minimum absolute atomic E-state index is 0.0432. The van der Waals surface area contributed by atoms with Crippen LogP contribution in [0.2, 0.25) is 0 Å². The van der Waals surface area contributed by atoms with Crippen molar-refractivity contribution in [3.05, 3.63) is 52.1 Å². The standard InChI is InChI=1S/C17H17F3N2O6S/c1-3-8-28-15-6-4-11(17(18,19)20)9-13(15)21-29(25,26)16-7-5-12(27-2)10-14(16)22(23)24/h4-7,9-10,21H,3,8H2,1-2H3. The number of methoxy groups -OCH3 is 1. The van der Waals surface area contributed by atoms with E-state index in [0.29, 0.717) is 12.5 Å². The molecular formula is C17H17F3N2O6S. The number of ether oxygens (including phenoxy) is 2. The lowest BCUT2D eigenvalue weighted by Crippen LogP contribution is -2.16. The molecule has 2 rings (SSSR count). The van der Waals surface area contributed by atoms with Crippen molar-refractivity contribution in [3.63, 3.8) is 0 Å². The van der Waals surface area contributed by atoms with E-state index in [1.807, 2.05) is 4.72 Å². The summed E-state index contributed by atoms with van der Waals surface area (Å²) in [4.78, 5) is 9.60. The maximum absolute atomic E-state index is 13.0. The summed E-state index contributed by atoms with van der Waals surface area (Å²) in [5.41, 5.74) is -2.39. The van der Waals surface area contributed by atoms with Crippen LogP contribution in [0, 0.1) is 10.1 Å². The quantitative estimate of drug-likeness (QED) is 0.493. The number of nitrogens with one attached hydrogen (secondary N) is 1. The topological polar surface area (TPSA) is 108 Å². The Morgan fingerprint density at radius 1 is 1.17 bits per heavy atom. The van der Waals surface area contributed by atoms with Gasteiger partial charge in [-0.25, -0.2) is 8.42 Å². The summed E-state index contributed by atoms with van der Waals surface area (Å²) in [6, 6.07) is 5.31. The summed E-state index contributed by atoms with van der Waals surface area (Å²) in [7, 11) is -3.38. The van der Waals surface area contributed by atoms with Gasteiger partial charge in [-0.05, 0) is 36.8 Å². The summed E-state index contributed by atoms with van der Waals surface area (Å²) >= 11 is 0. The zero-order valence-corrected chi connectivity index (χ0v) is 16.1. The van der Waals surface area contributed by atoms with Crippen LogP contribution in [-0.4, -0.2) is 27.1 Å². The molecule has 0 unspecified atom stereocenters. The van der Waals surface area contributed by atoms with Crippen molar-refractivity contribution in [2.24, 2.45) is 0 Å². The fraction of sp³-hybridized carbons (Fsp3) is 0.294. The van der Waals surface area contributed by atoms with Crippen LogP contribution in [0.5, 0.6) is 11.5 Å². The van der Waals surface area contributed by atoms with Crippen LogP contribution in [0.1, 0.15) is 18.9 Å². The second kappa shape index (κ2) is 8.55. The van der Waals surface area contributed by atoms with Crippen molar-refractivity contribution in [3.8, 4) is 11.5 Å². The number of halogens is 3. The van der Waals surface area contributed by atoms with Crippen LogP contribution < -0.4 is 14.2 Å². The van der Waals surface area contributed by atoms with E-state index in [4.69, 9.17) is 9.47 Å². The predicted molar refractivity (Wildman–Crippen MR) is 97.7 cm³/mol. The van der Waals surface area contributed by atoms with Gasteiger partial charge in [-0.2, -0.15) is 13.2 Å². The first-order chi connectivity index (χ1) is 13.5. The third kappa shape index (κ3) is 5.28. The molecule has 0 bridgehead atoms. The number of sulfonamides is 1. The molecule has 29 heavy (non-hydrogen) atoms. The van der Waals surface area contributed by atoms with Crippen LogP contribution >= 0.6 is 0 Å². The van der Waals surface area contributed by atoms with Gasteiger partial charge in [0.2, 0.25) is 0 Å². The number of rotatable bonds is 8. The zero-order valence-electron chi connectivity index (χ0n) is 15.3. The SMILES string of the molecule is CCCOc1ccc(C(F)(F)F)cc1NS(=O)(=O)c1ccc(OC)cc1[N+](=O)[O-]. The molecule has 0 heterocycles. The average Bonchev–Trinajstić information content (AvgIpc) is 2.65. The molecule has 0 aliphatic rings. The largest absolute Gasteiger partial charge is 0.497 e. The number of hydrogen-bond donors (Lipinski definition) is 1. The van der Waals surface area contributed by atoms with Gasteiger partial charge in [0.25, 0.3) is 15.7 Å². The van der Waals surface area contributed by atoms with Gasteiger partial charge in [-0.1, -0.05) is 6.92 Å². The molecule has 0 aliphatic carbocycles. The highest BCUT2D eigenvalue weighted by Crippen LogP contribution is 2.37. The summed E-state index contributed by atoms with van der Waals surface area (Å²) < 4.78 is 76.7. The van der Waals surface area contributed by atoms with Gasteiger partial charge in [0.1, 0.15) is 11.5 Å². The van der Waals surface area contributed by atoms with E-state index in [0.717, 1.165) is 24.3 Å². The van der Waals surface area contributed by atoms with Crippen molar-refractivity contribution >= 4 is 21.4 Å². The van der Waals surface area contributed by atoms with Crippen LogP contribution in [0.4, 0.5) is 24.5 Å². The first kappa shape index (κ1) is 22.3. The summed E-state index contributed by atoms with van der Waals surface area (Å²) in [5, 5.41) is 11.3. The number of alkyl halides is 3. The van der Waals surface area contributed by atoms with E-state index in [-0.39, 0.29) is 18.1 Å². The molecule has 2 aromatic carbocycles. The Bertz CT molecular complexity index is 1010. The van der Waals surface area contributed by atoms with Gasteiger partial charge in [0.05, 0.1) is 36.0 Å². The predicted octanol–water partition coefficient (Wildman–Crippen LogP) is 4.21. The minimum Gasteiger partial charge on any atom is -0.497 e. The van der Waals surface area contributed by atoms with E-state index in [2.05, 4.69) is 0 Å². The van der Waals surface area contributed by atoms with Gasteiger partial charge in [0.15, 0.2) is 4.90 Å². The average molecular weight is 434 g/mol. The van der Waals surface area contributed by atoms with Crippen LogP contribution in [0.15, 0.2) is 41.3 Å². The molecular weight excluding hydrogens is 417 g/mol. The Morgan fingerprint density at radius 3 is 2.41 bits per heavy atom. The maximum Gasteiger partial charge on any atom is 0.416 e. The molecule has 12 heteroatoms. The van der Waals surface area contributed by atoms with E-state index >= 15 is 0 Å². The van der Waals surface area contributed by atoms with E-state index in [1.54, 1.807) is 6.92 Å². The van der Waals surface area contributed by atoms with Gasteiger partial charge >= 0.3 is 6.18 Å². The maximum atomic E-state index is 13.0. The molecule has 0 saturated heterocycles. The molecule has 0 aromatic heterocycles. The summed E-state index contributed by atoms with van der Waals surface area (Å²) in [6.45, 7) is 1.89. The molecule has 158 valence electrons. The molecule has 2 aromatic rings. The smallest absolute Gasteiger partial charge is 0.416 e. The number of nitro groups is 1. The van der Waals surface area contributed by atoms with Crippen molar-refractivity contribution in [1.82, 2.24) is 0 Å². The second-order valence-corrected chi connectivity index (χ2v) is 7.40. The number of nitro benzene ring substituents is 1. The Labute approximate surface area is 164 Å². The van der Waals surface area contributed by atoms with Crippen molar-refractivity contribution in [1.29, 1.82) is 0 Å². The molecule has 0 fully saturated rings. The lowest BCUT2D eigenvalue weighted by Gasteiger charge is -2.16. The van der Waals surface area contributed by atoms with Crippen molar-refractivity contribution in [2.45, 2.75) is 24.4 Å². The highest BCUT2D eigenvalue weighted by atomic mass is 32.2. The summed E-state index contributed by atoms with van der Waals surface area (Å²) in [5.74, 6) is -0.0960. The van der Waals surface area contributed by atoms with Crippen molar-refractivity contribution < 1.29 is 36.0 Å². The van der Waals surface area contributed by atoms with Gasteiger partial charge < -0.3 is 9.47 Å². The number of hydrogen-bond acceptors (Lipinski definition) is 6. The van der Waals surface area contributed by atoms with Gasteiger partial charge in [0, 0.05) is 0 Å². The lowest BCUT2D eigenvalue weighted by molar-refractivity contribution is -0.387. The first-order valence-electron chi connectivity index (χ1n) is 8.19. The van der Waals surface area contributed by atoms with E-state index < -0.39 is 43.0 Å². The Kier molecular flexibility index (Phi) is 6.57. The number of benzene rings is 2. The Balaban J connectivity index is 2.55. The van der Waals surface area contributed by atoms with Crippen LogP contribution in [-0.2, 0) is 16.2 Å². The molecule has 0 amide bonds. The van der Waals surface area contributed by atoms with E-state index in [9.17, 15) is 31.7 Å². The Morgan fingerprint density at radius 2 is 1.86 bits per heavy atom. The first-order valence-corrected chi connectivity index (χ1v) is 9.67. The normalized spacial score (nSPS) is 11.8. The molecule has 0 aliphatic heterocycles. The van der Waals surface area contributed by atoms with Crippen LogP contribution in [0.3, 0.4) is 0 Å². The Hall–Kier alpha value is -3.02. The molecule has 0 radical (unpaired) electrons. The molecule has 0 atom stereocenters. The van der Waals surface area contributed by atoms with Crippen molar-refractivity contribution in [2.75, 3.05) is 18.4 Å². The minimum atomic E-state index is -4.73. The zero-order chi connectivity index (χ0) is 21.8. The highest BCUT2D eigenvalue weighted by molar-refractivity contribution is 7.92. The molecule has 0 saturated carbocycles. The number of nitrogens with zero attached hydrogens (tertiary/aromatic N) is 1. The highest BCUT2D eigenvalue weighted by Gasteiger charge is 2.33. The van der Waals surface area contributed by atoms with Crippen LogP contribution in [0.25, 0.3) is 0 Å². The molecule has 0 spiro atoms. The monoisotopic (exact) mass is 434 g/mol. The van der Waals surface area contributed by atoms with Gasteiger partial charge in [-0.15, -0.1) is 0 Å². The third-order valence-electron chi connectivity index (χ3n) is 3.67. The lowest BCUT2D eigenvalue weighted by atomic mass is 10.2. The fourth-order valence-electron chi connectivity index (χ4n) is 2.32. The second-order valence-electron chi connectivity index (χ2n) is 5.75. The van der Waals surface area contributed by atoms with Gasteiger partial charge in [-0.3, -0.25) is 14.8 Å². The summed E-state index contributed by atoms with van der Waals surface area (Å²) in [6.07, 6.45) is -4.20. The molecule has 8 nitrogen and oxygen atoms in total. The fourth-order valence-corrected chi connectivity index (χ4v) is 3.53. The number of anilines is 1. The molecule has 1 N–H and O–H groups in total. The van der Waals surface area contributed by atoms with E-state index in [1.165, 1.54) is 13.2 Å². The third-order valence-corrected chi connectivity index (χ3v) is 5.08.